The SMILES string of the molecule is CCCCCCCCCCCCNC(=O)CCC(NC(=O)CCCC(=O)Nc1ccc(CC#N)cc1)C(=O)NCCCCCCCCCCCC. The smallest absolute Gasteiger partial charge is 0.242 e. The predicted molar refractivity (Wildman–Crippen MR) is 209 cm³/mol. The summed E-state index contributed by atoms with van der Waals surface area (Å²) in [5.74, 6) is -0.890. The molecule has 1 unspecified atom stereocenters. The highest BCUT2D eigenvalue weighted by Gasteiger charge is 2.21. The lowest BCUT2D eigenvalue weighted by Crippen LogP contribution is -2.47. The van der Waals surface area contributed by atoms with E-state index in [0.29, 0.717) is 31.6 Å². The highest BCUT2D eigenvalue weighted by atomic mass is 16.2. The zero-order valence-electron chi connectivity index (χ0n) is 32.3. The third kappa shape index (κ3) is 27.0. The number of unbranched alkanes of at least 4 members (excludes halogenated alkanes) is 18. The van der Waals surface area contributed by atoms with E-state index >= 15 is 0 Å². The Morgan fingerprint density at radius 3 is 1.55 bits per heavy atom. The van der Waals surface area contributed by atoms with Crippen LogP contribution in [0.15, 0.2) is 24.3 Å². The summed E-state index contributed by atoms with van der Waals surface area (Å²) >= 11 is 0. The van der Waals surface area contributed by atoms with Crippen LogP contribution in [0.4, 0.5) is 5.69 Å². The number of carbonyl (C=O) groups excluding carboxylic acids is 4. The van der Waals surface area contributed by atoms with Crippen molar-refractivity contribution >= 4 is 29.3 Å². The van der Waals surface area contributed by atoms with Crippen LogP contribution in [0.2, 0.25) is 0 Å². The highest BCUT2D eigenvalue weighted by Crippen LogP contribution is 2.13. The Bertz CT molecular complexity index is 1100. The minimum absolute atomic E-state index is 0.0989. The Hall–Kier alpha value is -3.41. The number of hydrogen-bond acceptors (Lipinski definition) is 5. The summed E-state index contributed by atoms with van der Waals surface area (Å²) in [6.07, 6.45) is 25.8. The molecule has 0 heterocycles. The fourth-order valence-corrected chi connectivity index (χ4v) is 6.12. The number of nitriles is 1. The number of hydrogen-bond donors (Lipinski definition) is 4. The quantitative estimate of drug-likeness (QED) is 0.0539. The van der Waals surface area contributed by atoms with Gasteiger partial charge in [0.2, 0.25) is 23.6 Å². The summed E-state index contributed by atoms with van der Waals surface area (Å²) in [4.78, 5) is 51.0. The van der Waals surface area contributed by atoms with Gasteiger partial charge >= 0.3 is 0 Å². The minimum Gasteiger partial charge on any atom is -0.356 e. The normalized spacial score (nSPS) is 11.4. The van der Waals surface area contributed by atoms with Crippen molar-refractivity contribution in [3.05, 3.63) is 29.8 Å². The van der Waals surface area contributed by atoms with E-state index in [9.17, 15) is 19.2 Å². The molecule has 51 heavy (non-hydrogen) atoms. The van der Waals surface area contributed by atoms with Gasteiger partial charge in [0.05, 0.1) is 12.5 Å². The van der Waals surface area contributed by atoms with Crippen molar-refractivity contribution in [1.29, 1.82) is 5.26 Å². The summed E-state index contributed by atoms with van der Waals surface area (Å²) in [5.41, 5.74) is 1.51. The molecule has 0 bridgehead atoms. The van der Waals surface area contributed by atoms with E-state index in [-0.39, 0.29) is 49.3 Å². The molecular formula is C42H71N5O4. The Balaban J connectivity index is 2.43. The monoisotopic (exact) mass is 710 g/mol. The summed E-state index contributed by atoms with van der Waals surface area (Å²) in [6.45, 7) is 5.65. The van der Waals surface area contributed by atoms with Crippen LogP contribution in [0, 0.1) is 11.3 Å². The van der Waals surface area contributed by atoms with Gasteiger partial charge in [0, 0.05) is 38.0 Å². The molecule has 0 aromatic heterocycles. The number of nitrogens with zero attached hydrogens (tertiary/aromatic N) is 1. The largest absolute Gasteiger partial charge is 0.356 e. The van der Waals surface area contributed by atoms with E-state index in [1.807, 2.05) is 0 Å². The van der Waals surface area contributed by atoms with Crippen LogP contribution in [0.5, 0.6) is 0 Å². The fourth-order valence-electron chi connectivity index (χ4n) is 6.12. The van der Waals surface area contributed by atoms with Crippen LogP contribution in [-0.2, 0) is 25.6 Å². The number of carbonyl (C=O) groups is 4. The molecule has 288 valence electrons. The molecule has 1 aromatic rings. The molecule has 0 spiro atoms. The van der Waals surface area contributed by atoms with E-state index in [2.05, 4.69) is 41.2 Å². The van der Waals surface area contributed by atoms with Gasteiger partial charge < -0.3 is 21.3 Å². The average Bonchev–Trinajstić information content (AvgIpc) is 3.12. The Morgan fingerprint density at radius 1 is 0.569 bits per heavy atom. The van der Waals surface area contributed by atoms with Crippen molar-refractivity contribution in [2.75, 3.05) is 18.4 Å². The van der Waals surface area contributed by atoms with Gasteiger partial charge in [0.15, 0.2) is 0 Å². The van der Waals surface area contributed by atoms with E-state index < -0.39 is 6.04 Å². The molecule has 0 aliphatic rings. The maximum atomic E-state index is 13.1. The second-order valence-corrected chi connectivity index (χ2v) is 14.1. The van der Waals surface area contributed by atoms with Crippen LogP contribution >= 0.6 is 0 Å². The third-order valence-electron chi connectivity index (χ3n) is 9.32. The molecule has 4 amide bonds. The van der Waals surface area contributed by atoms with Gasteiger partial charge in [0.1, 0.15) is 6.04 Å². The summed E-state index contributed by atoms with van der Waals surface area (Å²) in [7, 11) is 0. The fraction of sp³-hybridized carbons (Fsp3) is 0.738. The van der Waals surface area contributed by atoms with Crippen LogP contribution in [0.3, 0.4) is 0 Å². The highest BCUT2D eigenvalue weighted by molar-refractivity contribution is 5.91. The van der Waals surface area contributed by atoms with Crippen LogP contribution in [0.25, 0.3) is 0 Å². The standard InChI is InChI=1S/C42H71N5O4/c1-3-5-7-9-11-13-15-17-19-21-34-44-39(48)31-30-38(42(51)45-35-22-20-18-16-14-12-10-8-6-4-2)47-41(50)25-23-24-40(49)46-37-28-26-36(27-29-37)32-33-43/h26-29,38H,3-25,30-32,34-35H2,1-2H3,(H,44,48)(H,45,51)(H,46,49)(H,47,50). The van der Waals surface area contributed by atoms with Crippen LogP contribution in [0.1, 0.15) is 180 Å². The van der Waals surface area contributed by atoms with E-state index in [1.54, 1.807) is 24.3 Å². The van der Waals surface area contributed by atoms with E-state index in [0.717, 1.165) is 37.7 Å². The molecular weight excluding hydrogens is 638 g/mol. The van der Waals surface area contributed by atoms with Gasteiger partial charge in [-0.25, -0.2) is 0 Å². The van der Waals surface area contributed by atoms with Gasteiger partial charge in [-0.1, -0.05) is 142 Å². The molecule has 1 aromatic carbocycles. The number of amides is 4. The van der Waals surface area contributed by atoms with Crippen LogP contribution < -0.4 is 21.3 Å². The second-order valence-electron chi connectivity index (χ2n) is 14.1. The first-order valence-electron chi connectivity index (χ1n) is 20.5. The zero-order valence-corrected chi connectivity index (χ0v) is 32.3. The van der Waals surface area contributed by atoms with Gasteiger partial charge in [-0.2, -0.15) is 5.26 Å². The third-order valence-corrected chi connectivity index (χ3v) is 9.32. The van der Waals surface area contributed by atoms with Gasteiger partial charge in [-0.3, -0.25) is 19.2 Å². The molecule has 0 aliphatic carbocycles. The van der Waals surface area contributed by atoms with Crippen molar-refractivity contribution in [2.45, 2.75) is 187 Å². The van der Waals surface area contributed by atoms with Crippen LogP contribution in [-0.4, -0.2) is 42.8 Å². The summed E-state index contributed by atoms with van der Waals surface area (Å²) in [5, 5.41) is 20.4. The Morgan fingerprint density at radius 2 is 1.04 bits per heavy atom. The molecule has 9 nitrogen and oxygen atoms in total. The summed E-state index contributed by atoms with van der Waals surface area (Å²) in [6, 6.07) is 8.40. The van der Waals surface area contributed by atoms with Crippen molar-refractivity contribution in [3.63, 3.8) is 0 Å². The Labute approximate surface area is 310 Å². The van der Waals surface area contributed by atoms with E-state index in [1.165, 1.54) is 96.3 Å². The first-order chi connectivity index (χ1) is 24.9. The van der Waals surface area contributed by atoms with Gasteiger partial charge in [-0.15, -0.1) is 0 Å². The molecule has 1 rings (SSSR count). The maximum absolute atomic E-state index is 13.1. The molecule has 0 aliphatic heterocycles. The first kappa shape index (κ1) is 45.6. The second kappa shape index (κ2) is 32.5. The van der Waals surface area contributed by atoms with Gasteiger partial charge in [0.25, 0.3) is 0 Å². The number of anilines is 1. The average molecular weight is 710 g/mol. The zero-order chi connectivity index (χ0) is 37.2. The lowest BCUT2D eigenvalue weighted by atomic mass is 10.1. The summed E-state index contributed by atoms with van der Waals surface area (Å²) < 4.78 is 0. The lowest BCUT2D eigenvalue weighted by Gasteiger charge is -2.18. The molecule has 0 fully saturated rings. The first-order valence-corrected chi connectivity index (χ1v) is 20.5. The predicted octanol–water partition coefficient (Wildman–Crippen LogP) is 9.20. The topological polar surface area (TPSA) is 140 Å². The molecule has 0 saturated heterocycles. The molecule has 0 saturated carbocycles. The molecule has 1 atom stereocenters. The van der Waals surface area contributed by atoms with Crippen molar-refractivity contribution in [3.8, 4) is 6.07 Å². The Kier molecular flexibility index (Phi) is 29.1. The van der Waals surface area contributed by atoms with Crippen molar-refractivity contribution in [2.24, 2.45) is 0 Å². The number of rotatable bonds is 33. The lowest BCUT2D eigenvalue weighted by molar-refractivity contribution is -0.130. The molecule has 9 heteroatoms. The number of benzene rings is 1. The van der Waals surface area contributed by atoms with Crippen molar-refractivity contribution in [1.82, 2.24) is 16.0 Å². The minimum atomic E-state index is -0.801. The van der Waals surface area contributed by atoms with Gasteiger partial charge in [-0.05, 0) is 43.4 Å². The van der Waals surface area contributed by atoms with E-state index in [4.69, 9.17) is 5.26 Å². The molecule has 4 N–H and O–H groups in total. The van der Waals surface area contributed by atoms with Crippen molar-refractivity contribution < 1.29 is 19.2 Å². The number of nitrogens with one attached hydrogen (secondary N) is 4. The molecule has 0 radical (unpaired) electrons. The maximum Gasteiger partial charge on any atom is 0.242 e.